The number of halogens is 4. The molecule has 28 heavy (non-hydrogen) atoms. The van der Waals surface area contributed by atoms with Gasteiger partial charge in [0.25, 0.3) is 5.91 Å². The van der Waals surface area contributed by atoms with Crippen molar-refractivity contribution in [1.29, 1.82) is 0 Å². The number of benzene rings is 2. The SMILES string of the molecule is Cc1ccc(C(=O)Nc2cc(C(F)(F)F)ccc2C(C)(C)CN(C)C)cc1I. The maximum absolute atomic E-state index is 13.2. The zero-order valence-corrected chi connectivity index (χ0v) is 18.7. The number of carbonyl (C=O) groups is 1. The number of alkyl halides is 3. The highest BCUT2D eigenvalue weighted by molar-refractivity contribution is 14.1. The molecule has 0 saturated heterocycles. The van der Waals surface area contributed by atoms with Gasteiger partial charge in [0, 0.05) is 26.8 Å². The van der Waals surface area contributed by atoms with E-state index in [1.54, 1.807) is 12.1 Å². The molecule has 7 heteroatoms. The summed E-state index contributed by atoms with van der Waals surface area (Å²) in [5.41, 5.74) is 1.03. The van der Waals surface area contributed by atoms with E-state index >= 15 is 0 Å². The molecule has 0 aliphatic rings. The highest BCUT2D eigenvalue weighted by atomic mass is 127. The molecule has 0 heterocycles. The van der Waals surface area contributed by atoms with Gasteiger partial charge in [-0.1, -0.05) is 26.0 Å². The third-order valence-corrected chi connectivity index (χ3v) is 5.63. The fourth-order valence-electron chi connectivity index (χ4n) is 3.22. The van der Waals surface area contributed by atoms with Gasteiger partial charge >= 0.3 is 6.18 Å². The number of hydrogen-bond acceptors (Lipinski definition) is 2. The van der Waals surface area contributed by atoms with Gasteiger partial charge in [-0.25, -0.2) is 0 Å². The van der Waals surface area contributed by atoms with Crippen LogP contribution in [0.1, 0.15) is 40.9 Å². The summed E-state index contributed by atoms with van der Waals surface area (Å²) in [5.74, 6) is -0.431. The number of carbonyl (C=O) groups excluding carboxylic acids is 1. The fraction of sp³-hybridized carbons (Fsp3) is 0.381. The number of nitrogens with one attached hydrogen (secondary N) is 1. The zero-order valence-electron chi connectivity index (χ0n) is 16.5. The van der Waals surface area contributed by atoms with Crippen LogP contribution in [-0.4, -0.2) is 31.4 Å². The van der Waals surface area contributed by atoms with Gasteiger partial charge < -0.3 is 10.2 Å². The summed E-state index contributed by atoms with van der Waals surface area (Å²) in [7, 11) is 3.80. The fourth-order valence-corrected chi connectivity index (χ4v) is 3.73. The average Bonchev–Trinajstić information content (AvgIpc) is 2.55. The lowest BCUT2D eigenvalue weighted by molar-refractivity contribution is -0.137. The van der Waals surface area contributed by atoms with Gasteiger partial charge in [0.2, 0.25) is 0 Å². The summed E-state index contributed by atoms with van der Waals surface area (Å²) < 4.78 is 40.6. The molecule has 1 N–H and O–H groups in total. The van der Waals surface area contributed by atoms with E-state index in [1.807, 2.05) is 45.8 Å². The minimum Gasteiger partial charge on any atom is -0.322 e. The molecule has 2 aromatic rings. The molecule has 0 spiro atoms. The van der Waals surface area contributed by atoms with Crippen LogP contribution in [0.25, 0.3) is 0 Å². The minimum absolute atomic E-state index is 0.183. The molecular formula is C21H24F3IN2O. The molecular weight excluding hydrogens is 480 g/mol. The molecule has 0 aromatic heterocycles. The van der Waals surface area contributed by atoms with E-state index in [2.05, 4.69) is 27.9 Å². The van der Waals surface area contributed by atoms with E-state index in [-0.39, 0.29) is 5.69 Å². The number of anilines is 1. The van der Waals surface area contributed by atoms with Gasteiger partial charge in [-0.05, 0) is 79.0 Å². The van der Waals surface area contributed by atoms with Crippen LogP contribution < -0.4 is 5.32 Å². The number of nitrogens with zero attached hydrogens (tertiary/aromatic N) is 1. The second-order valence-corrected chi connectivity index (χ2v) is 8.96. The van der Waals surface area contributed by atoms with Crippen molar-refractivity contribution in [2.75, 3.05) is 26.0 Å². The van der Waals surface area contributed by atoms with Crippen molar-refractivity contribution >= 4 is 34.2 Å². The van der Waals surface area contributed by atoms with E-state index < -0.39 is 23.1 Å². The molecule has 0 fully saturated rings. The first-order valence-corrected chi connectivity index (χ1v) is 9.83. The van der Waals surface area contributed by atoms with Crippen LogP contribution in [0, 0.1) is 10.5 Å². The van der Waals surface area contributed by atoms with Crippen molar-refractivity contribution in [3.63, 3.8) is 0 Å². The first-order chi connectivity index (χ1) is 12.8. The molecule has 2 aromatic carbocycles. The maximum Gasteiger partial charge on any atom is 0.416 e. The summed E-state index contributed by atoms with van der Waals surface area (Å²) in [5, 5.41) is 2.70. The summed E-state index contributed by atoms with van der Waals surface area (Å²) in [6.07, 6.45) is -4.48. The molecule has 0 aliphatic heterocycles. The van der Waals surface area contributed by atoms with Crippen molar-refractivity contribution in [2.45, 2.75) is 32.4 Å². The topological polar surface area (TPSA) is 32.3 Å². The first-order valence-electron chi connectivity index (χ1n) is 8.75. The number of rotatable bonds is 5. The number of hydrogen-bond donors (Lipinski definition) is 1. The van der Waals surface area contributed by atoms with E-state index in [4.69, 9.17) is 0 Å². The van der Waals surface area contributed by atoms with Crippen molar-refractivity contribution in [1.82, 2.24) is 4.90 Å². The van der Waals surface area contributed by atoms with Crippen LogP contribution >= 0.6 is 22.6 Å². The van der Waals surface area contributed by atoms with Gasteiger partial charge in [-0.3, -0.25) is 4.79 Å². The third kappa shape index (κ3) is 5.47. The van der Waals surface area contributed by atoms with Gasteiger partial charge in [-0.15, -0.1) is 0 Å². The standard InChI is InChI=1S/C21H24F3IN2O/c1-13-6-7-14(10-17(13)25)19(28)26-18-11-15(21(22,23)24)8-9-16(18)20(2,3)12-27(4)5/h6-11H,12H2,1-5H3,(H,26,28). The Morgan fingerprint density at radius 1 is 1.11 bits per heavy atom. The lowest BCUT2D eigenvalue weighted by atomic mass is 9.82. The quantitative estimate of drug-likeness (QED) is 0.530. The Hall–Kier alpha value is -1.61. The van der Waals surface area contributed by atoms with Gasteiger partial charge in [-0.2, -0.15) is 13.2 Å². The van der Waals surface area contributed by atoms with Crippen LogP contribution in [0.15, 0.2) is 36.4 Å². The molecule has 0 atom stereocenters. The average molecular weight is 504 g/mol. The van der Waals surface area contributed by atoms with E-state index in [9.17, 15) is 18.0 Å². The van der Waals surface area contributed by atoms with E-state index in [0.717, 1.165) is 21.3 Å². The minimum atomic E-state index is -4.48. The Morgan fingerprint density at radius 2 is 1.75 bits per heavy atom. The van der Waals surface area contributed by atoms with Crippen LogP contribution in [-0.2, 0) is 11.6 Å². The van der Waals surface area contributed by atoms with Crippen molar-refractivity contribution in [2.24, 2.45) is 0 Å². The highest BCUT2D eigenvalue weighted by Gasteiger charge is 2.33. The van der Waals surface area contributed by atoms with Crippen LogP contribution in [0.2, 0.25) is 0 Å². The number of amides is 1. The number of likely N-dealkylation sites (N-methyl/N-ethyl adjacent to an activating group) is 1. The highest BCUT2D eigenvalue weighted by Crippen LogP contribution is 2.37. The van der Waals surface area contributed by atoms with Crippen molar-refractivity contribution in [3.8, 4) is 0 Å². The molecule has 3 nitrogen and oxygen atoms in total. The molecule has 152 valence electrons. The number of aryl methyl sites for hydroxylation is 1. The Balaban J connectivity index is 2.49. The second kappa shape index (κ2) is 8.41. The van der Waals surface area contributed by atoms with Crippen LogP contribution in [0.5, 0.6) is 0 Å². The van der Waals surface area contributed by atoms with Gasteiger partial charge in [0.05, 0.1) is 5.56 Å². The van der Waals surface area contributed by atoms with Gasteiger partial charge in [0.1, 0.15) is 0 Å². The molecule has 0 aliphatic carbocycles. The predicted molar refractivity (Wildman–Crippen MR) is 115 cm³/mol. The zero-order chi connectivity index (χ0) is 21.3. The Morgan fingerprint density at radius 3 is 2.29 bits per heavy atom. The molecule has 0 saturated carbocycles. The summed E-state index contributed by atoms with van der Waals surface area (Å²) in [4.78, 5) is 14.7. The molecule has 1 amide bonds. The largest absolute Gasteiger partial charge is 0.416 e. The lowest BCUT2D eigenvalue weighted by Crippen LogP contribution is -2.33. The normalized spacial score (nSPS) is 12.4. The summed E-state index contributed by atoms with van der Waals surface area (Å²) in [6.45, 7) is 6.43. The predicted octanol–water partition coefficient (Wildman–Crippen LogP) is 5.71. The first kappa shape index (κ1) is 22.7. The molecule has 2 rings (SSSR count). The monoisotopic (exact) mass is 504 g/mol. The molecule has 0 unspecified atom stereocenters. The Bertz CT molecular complexity index is 876. The Labute approximate surface area is 177 Å². The van der Waals surface area contributed by atoms with E-state index in [0.29, 0.717) is 17.7 Å². The van der Waals surface area contributed by atoms with Crippen LogP contribution in [0.3, 0.4) is 0 Å². The van der Waals surface area contributed by atoms with Gasteiger partial charge in [0.15, 0.2) is 0 Å². The second-order valence-electron chi connectivity index (χ2n) is 7.80. The maximum atomic E-state index is 13.2. The summed E-state index contributed by atoms with van der Waals surface area (Å²) >= 11 is 2.13. The van der Waals surface area contributed by atoms with Crippen molar-refractivity contribution in [3.05, 3.63) is 62.2 Å². The molecule has 0 radical (unpaired) electrons. The van der Waals surface area contributed by atoms with E-state index in [1.165, 1.54) is 6.07 Å². The Kier molecular flexibility index (Phi) is 6.81. The van der Waals surface area contributed by atoms with Crippen molar-refractivity contribution < 1.29 is 18.0 Å². The third-order valence-electron chi connectivity index (χ3n) is 4.47. The smallest absolute Gasteiger partial charge is 0.322 e. The molecule has 0 bridgehead atoms. The summed E-state index contributed by atoms with van der Waals surface area (Å²) in [6, 6.07) is 8.76. The van der Waals surface area contributed by atoms with Crippen LogP contribution in [0.4, 0.5) is 18.9 Å². The lowest BCUT2D eigenvalue weighted by Gasteiger charge is -2.31.